The first-order valence-corrected chi connectivity index (χ1v) is 9.94. The van der Waals surface area contributed by atoms with Gasteiger partial charge in [0, 0.05) is 32.7 Å². The summed E-state index contributed by atoms with van der Waals surface area (Å²) in [5.74, 6) is 2.41. The molecule has 2 aromatic carbocycles. The lowest BCUT2D eigenvalue weighted by atomic mass is 10.1. The fourth-order valence-electron chi connectivity index (χ4n) is 3.79. The molecule has 1 N–H and O–H groups in total. The van der Waals surface area contributed by atoms with E-state index in [2.05, 4.69) is 21.2 Å². The molecule has 1 atom stereocenters. The predicted molar refractivity (Wildman–Crippen MR) is 111 cm³/mol. The van der Waals surface area contributed by atoms with E-state index in [0.29, 0.717) is 6.54 Å². The van der Waals surface area contributed by atoms with Crippen molar-refractivity contribution in [3.05, 3.63) is 48.0 Å². The number of rotatable bonds is 6. The van der Waals surface area contributed by atoms with Gasteiger partial charge >= 0.3 is 0 Å². The van der Waals surface area contributed by atoms with Crippen LogP contribution in [-0.4, -0.2) is 56.9 Å². The zero-order valence-electron chi connectivity index (χ0n) is 16.9. The maximum Gasteiger partial charge on any atom is 0.237 e. The number of nitrogens with one attached hydrogen (secondary N) is 1. The first-order chi connectivity index (χ1) is 14.2. The minimum absolute atomic E-state index is 0.0356. The molecule has 0 spiro atoms. The van der Waals surface area contributed by atoms with Gasteiger partial charge < -0.3 is 24.4 Å². The highest BCUT2D eigenvalue weighted by molar-refractivity contribution is 5.81. The Hall–Kier alpha value is -2.93. The minimum atomic E-state index is -0.177. The Bertz CT molecular complexity index is 865. The van der Waals surface area contributed by atoms with Gasteiger partial charge in [-0.25, -0.2) is 0 Å². The van der Waals surface area contributed by atoms with Crippen LogP contribution in [0.25, 0.3) is 0 Å². The summed E-state index contributed by atoms with van der Waals surface area (Å²) in [6.45, 7) is 6.07. The summed E-state index contributed by atoms with van der Waals surface area (Å²) in [6, 6.07) is 13.6. The van der Waals surface area contributed by atoms with Crippen LogP contribution >= 0.6 is 0 Å². The Kier molecular flexibility index (Phi) is 5.76. The van der Waals surface area contributed by atoms with Crippen LogP contribution < -0.4 is 24.4 Å². The second kappa shape index (κ2) is 8.61. The van der Waals surface area contributed by atoms with Crippen molar-refractivity contribution in [2.24, 2.45) is 0 Å². The van der Waals surface area contributed by atoms with E-state index in [1.165, 1.54) is 0 Å². The van der Waals surface area contributed by atoms with E-state index in [9.17, 15) is 4.79 Å². The highest BCUT2D eigenvalue weighted by Crippen LogP contribution is 2.32. The maximum atomic E-state index is 12.7. The molecule has 2 heterocycles. The summed E-state index contributed by atoms with van der Waals surface area (Å²) in [7, 11) is 1.70. The molecule has 7 nitrogen and oxygen atoms in total. The Labute approximate surface area is 171 Å². The molecule has 29 heavy (non-hydrogen) atoms. The monoisotopic (exact) mass is 397 g/mol. The molecule has 2 aliphatic rings. The predicted octanol–water partition coefficient (Wildman–Crippen LogP) is 2.25. The summed E-state index contributed by atoms with van der Waals surface area (Å²) in [5.41, 5.74) is 2.10. The summed E-state index contributed by atoms with van der Waals surface area (Å²) in [6.07, 6.45) is 0. The number of carbonyl (C=O) groups is 1. The van der Waals surface area contributed by atoms with Gasteiger partial charge in [-0.15, -0.1) is 0 Å². The van der Waals surface area contributed by atoms with Crippen LogP contribution in [0, 0.1) is 0 Å². The number of anilines is 1. The number of ether oxygens (including phenoxy) is 3. The molecule has 0 aromatic heterocycles. The van der Waals surface area contributed by atoms with Crippen LogP contribution in [0.2, 0.25) is 0 Å². The van der Waals surface area contributed by atoms with Gasteiger partial charge in [0.25, 0.3) is 0 Å². The number of para-hydroxylation sites is 2. The molecule has 2 aliphatic heterocycles. The van der Waals surface area contributed by atoms with Gasteiger partial charge in [0.1, 0.15) is 5.75 Å². The first kappa shape index (κ1) is 19.4. The highest BCUT2D eigenvalue weighted by Gasteiger charge is 2.26. The Balaban J connectivity index is 1.29. The van der Waals surface area contributed by atoms with Crippen LogP contribution in [0.3, 0.4) is 0 Å². The van der Waals surface area contributed by atoms with E-state index in [-0.39, 0.29) is 18.7 Å². The largest absolute Gasteiger partial charge is 0.495 e. The smallest absolute Gasteiger partial charge is 0.237 e. The average molecular weight is 397 g/mol. The van der Waals surface area contributed by atoms with Crippen LogP contribution in [0.5, 0.6) is 17.2 Å². The van der Waals surface area contributed by atoms with Crippen molar-refractivity contribution in [1.29, 1.82) is 0 Å². The molecule has 0 aliphatic carbocycles. The number of carbonyl (C=O) groups excluding carboxylic acids is 1. The minimum Gasteiger partial charge on any atom is -0.495 e. The number of methoxy groups -OCH3 is 1. The number of hydrogen-bond donors (Lipinski definition) is 1. The molecule has 1 amide bonds. The van der Waals surface area contributed by atoms with Gasteiger partial charge in [-0.05, 0) is 36.8 Å². The topological polar surface area (TPSA) is 63.3 Å². The normalized spacial score (nSPS) is 17.1. The van der Waals surface area contributed by atoms with E-state index >= 15 is 0 Å². The van der Waals surface area contributed by atoms with Crippen LogP contribution in [-0.2, 0) is 11.3 Å². The van der Waals surface area contributed by atoms with Crippen LogP contribution in [0.4, 0.5) is 5.69 Å². The van der Waals surface area contributed by atoms with E-state index in [0.717, 1.165) is 54.7 Å². The van der Waals surface area contributed by atoms with E-state index < -0.39 is 0 Å². The SMILES string of the molecule is COc1ccccc1N1CCN(C(C)C(=O)NCc2ccc3c(c2)OCO3)CC1. The molecular formula is C22H27N3O4. The third-order valence-corrected chi connectivity index (χ3v) is 5.57. The number of fused-ring (bicyclic) bond motifs is 1. The molecule has 0 saturated carbocycles. The van der Waals surface area contributed by atoms with Gasteiger partial charge in [-0.2, -0.15) is 0 Å². The van der Waals surface area contributed by atoms with Crippen molar-refractivity contribution in [2.45, 2.75) is 19.5 Å². The summed E-state index contributed by atoms with van der Waals surface area (Å²) >= 11 is 0. The summed E-state index contributed by atoms with van der Waals surface area (Å²) in [5, 5.41) is 3.04. The van der Waals surface area contributed by atoms with Crippen molar-refractivity contribution in [1.82, 2.24) is 10.2 Å². The average Bonchev–Trinajstić information content (AvgIpc) is 3.25. The van der Waals surface area contributed by atoms with Crippen molar-refractivity contribution in [3.63, 3.8) is 0 Å². The molecule has 154 valence electrons. The zero-order valence-corrected chi connectivity index (χ0v) is 16.9. The molecular weight excluding hydrogens is 370 g/mol. The maximum absolute atomic E-state index is 12.7. The highest BCUT2D eigenvalue weighted by atomic mass is 16.7. The number of benzene rings is 2. The fourth-order valence-corrected chi connectivity index (χ4v) is 3.79. The summed E-state index contributed by atoms with van der Waals surface area (Å²) in [4.78, 5) is 17.2. The standard InChI is InChI=1S/C22H27N3O4/c1-16(22(26)23-14-17-7-8-20-21(13-17)29-15-28-20)24-9-11-25(12-10-24)18-5-3-4-6-19(18)27-2/h3-8,13,16H,9-12,14-15H2,1-2H3,(H,23,26). The van der Waals surface area contributed by atoms with Gasteiger partial charge in [-0.1, -0.05) is 18.2 Å². The van der Waals surface area contributed by atoms with Gasteiger partial charge in [-0.3, -0.25) is 9.69 Å². The zero-order chi connectivity index (χ0) is 20.2. The molecule has 1 saturated heterocycles. The lowest BCUT2D eigenvalue weighted by Crippen LogP contribution is -2.53. The van der Waals surface area contributed by atoms with Crippen molar-refractivity contribution in [2.75, 3.05) is 45.0 Å². The number of hydrogen-bond acceptors (Lipinski definition) is 6. The van der Waals surface area contributed by atoms with Gasteiger partial charge in [0.15, 0.2) is 11.5 Å². The Morgan fingerprint density at radius 3 is 2.66 bits per heavy atom. The molecule has 7 heteroatoms. The number of piperazine rings is 1. The fraction of sp³-hybridized carbons (Fsp3) is 0.409. The van der Waals surface area contributed by atoms with Gasteiger partial charge in [0.05, 0.1) is 18.8 Å². The molecule has 0 radical (unpaired) electrons. The first-order valence-electron chi connectivity index (χ1n) is 9.94. The molecule has 1 fully saturated rings. The summed E-state index contributed by atoms with van der Waals surface area (Å²) < 4.78 is 16.2. The third kappa shape index (κ3) is 4.24. The third-order valence-electron chi connectivity index (χ3n) is 5.57. The quantitative estimate of drug-likeness (QED) is 0.807. The number of amides is 1. The van der Waals surface area contributed by atoms with E-state index in [1.54, 1.807) is 7.11 Å². The molecule has 1 unspecified atom stereocenters. The van der Waals surface area contributed by atoms with E-state index in [4.69, 9.17) is 14.2 Å². The Morgan fingerprint density at radius 1 is 1.10 bits per heavy atom. The molecule has 2 aromatic rings. The second-order valence-electron chi connectivity index (χ2n) is 7.28. The Morgan fingerprint density at radius 2 is 1.86 bits per heavy atom. The second-order valence-corrected chi connectivity index (χ2v) is 7.28. The van der Waals surface area contributed by atoms with Crippen LogP contribution in [0.1, 0.15) is 12.5 Å². The lowest BCUT2D eigenvalue weighted by Gasteiger charge is -2.38. The van der Waals surface area contributed by atoms with Crippen molar-refractivity contribution in [3.8, 4) is 17.2 Å². The van der Waals surface area contributed by atoms with Gasteiger partial charge in [0.2, 0.25) is 12.7 Å². The van der Waals surface area contributed by atoms with Crippen molar-refractivity contribution < 1.29 is 19.0 Å². The van der Waals surface area contributed by atoms with E-state index in [1.807, 2.05) is 43.3 Å². The molecule has 0 bridgehead atoms. The lowest BCUT2D eigenvalue weighted by molar-refractivity contribution is -0.126. The van der Waals surface area contributed by atoms with Crippen LogP contribution in [0.15, 0.2) is 42.5 Å². The molecule has 4 rings (SSSR count). The van der Waals surface area contributed by atoms with Crippen molar-refractivity contribution >= 4 is 11.6 Å². The number of nitrogens with zero attached hydrogens (tertiary/aromatic N) is 2.